The normalized spacial score (nSPS) is 14.9. The fourth-order valence-corrected chi connectivity index (χ4v) is 1.97. The second-order valence-corrected chi connectivity index (χ2v) is 6.07. The minimum Gasteiger partial charge on any atom is -0.464 e. The topological polar surface area (TPSA) is 78.0 Å². The molecule has 8 heteroatoms. The van der Waals surface area contributed by atoms with Gasteiger partial charge in [-0.25, -0.2) is 14.6 Å². The molecule has 0 bridgehead atoms. The van der Waals surface area contributed by atoms with Gasteiger partial charge >= 0.3 is 12.1 Å². The number of halogens is 1. The average molecular weight is 338 g/mol. The van der Waals surface area contributed by atoms with Crippen molar-refractivity contribution < 1.29 is 28.3 Å². The molecule has 24 heavy (non-hydrogen) atoms. The zero-order valence-corrected chi connectivity index (χ0v) is 14.0. The van der Waals surface area contributed by atoms with Crippen molar-refractivity contribution >= 4 is 17.6 Å². The minimum absolute atomic E-state index is 0.0184. The van der Waals surface area contributed by atoms with Crippen LogP contribution in [-0.4, -0.2) is 48.0 Å². The van der Waals surface area contributed by atoms with Gasteiger partial charge < -0.3 is 9.47 Å². The third-order valence-corrected chi connectivity index (χ3v) is 3.07. The predicted molar refractivity (Wildman–Crippen MR) is 82.4 cm³/mol. The largest absolute Gasteiger partial charge is 0.464 e. The lowest BCUT2D eigenvalue weighted by Crippen LogP contribution is -2.39. The van der Waals surface area contributed by atoms with Crippen molar-refractivity contribution in [1.82, 2.24) is 10.0 Å². The van der Waals surface area contributed by atoms with E-state index in [0.717, 1.165) is 5.06 Å². The summed E-state index contributed by atoms with van der Waals surface area (Å²) in [5.74, 6) is -1.52. The second-order valence-electron chi connectivity index (χ2n) is 6.07. The lowest BCUT2D eigenvalue weighted by atomic mass is 10.1. The Bertz CT molecular complexity index is 682. The summed E-state index contributed by atoms with van der Waals surface area (Å²) in [5.41, 5.74) is -0.0290. The third-order valence-electron chi connectivity index (χ3n) is 3.07. The molecule has 1 aromatic rings. The highest BCUT2D eigenvalue weighted by Crippen LogP contribution is 2.22. The number of hydrogen-bond acceptors (Lipinski definition) is 6. The summed E-state index contributed by atoms with van der Waals surface area (Å²) in [6.45, 7) is 5.35. The number of amides is 1. The molecule has 0 saturated heterocycles. The standard InChI is InChI=1S/C16H19FN2O5/c1-16(2,3)24-15(21)19-8-7-10(9-23-19)11-5-6-12(14(20)22-4)18-13(11)17/h5-7H,8-9H2,1-4H3. The number of carbonyl (C=O) groups excluding carboxylic acids is 2. The van der Waals surface area contributed by atoms with Gasteiger partial charge in [0.1, 0.15) is 12.2 Å². The molecule has 1 aliphatic heterocycles. The molecule has 0 saturated carbocycles. The van der Waals surface area contributed by atoms with E-state index in [0.29, 0.717) is 5.57 Å². The number of hydroxylamine groups is 2. The first kappa shape index (κ1) is 17.9. The van der Waals surface area contributed by atoms with Crippen LogP contribution in [0.15, 0.2) is 18.2 Å². The highest BCUT2D eigenvalue weighted by Gasteiger charge is 2.26. The molecular weight excluding hydrogens is 319 g/mol. The SMILES string of the molecule is COC(=O)c1ccc(C2=CCN(C(=O)OC(C)(C)C)OC2)c(F)n1. The summed E-state index contributed by atoms with van der Waals surface area (Å²) in [4.78, 5) is 32.1. The summed E-state index contributed by atoms with van der Waals surface area (Å²) in [6.07, 6.45) is 1.03. The Morgan fingerprint density at radius 1 is 1.33 bits per heavy atom. The summed E-state index contributed by atoms with van der Waals surface area (Å²) in [5, 5.41) is 1.06. The van der Waals surface area contributed by atoms with Crippen LogP contribution in [0.4, 0.5) is 9.18 Å². The lowest BCUT2D eigenvalue weighted by molar-refractivity contribution is -0.133. The van der Waals surface area contributed by atoms with E-state index >= 15 is 0 Å². The Labute approximate surface area is 139 Å². The molecule has 0 radical (unpaired) electrons. The van der Waals surface area contributed by atoms with Gasteiger partial charge in [-0.1, -0.05) is 6.08 Å². The fraction of sp³-hybridized carbons (Fsp3) is 0.438. The highest BCUT2D eigenvalue weighted by atomic mass is 19.1. The summed E-state index contributed by atoms with van der Waals surface area (Å²) < 4.78 is 23.8. The molecule has 0 atom stereocenters. The molecule has 7 nitrogen and oxygen atoms in total. The van der Waals surface area contributed by atoms with E-state index in [-0.39, 0.29) is 24.4 Å². The smallest absolute Gasteiger partial charge is 0.434 e. The van der Waals surface area contributed by atoms with E-state index in [1.165, 1.54) is 19.2 Å². The molecule has 1 aliphatic rings. The second kappa shape index (κ2) is 6.96. The third kappa shape index (κ3) is 4.29. The number of carbonyl (C=O) groups is 2. The van der Waals surface area contributed by atoms with Crippen molar-refractivity contribution in [2.75, 3.05) is 20.3 Å². The predicted octanol–water partition coefficient (Wildman–Crippen LogP) is 2.57. The Morgan fingerprint density at radius 2 is 2.04 bits per heavy atom. The number of aromatic nitrogens is 1. The molecule has 2 rings (SSSR count). The van der Waals surface area contributed by atoms with Gasteiger partial charge in [0.15, 0.2) is 5.69 Å². The van der Waals surface area contributed by atoms with Crippen molar-refractivity contribution in [1.29, 1.82) is 0 Å². The van der Waals surface area contributed by atoms with Gasteiger partial charge in [-0.2, -0.15) is 9.45 Å². The number of esters is 1. The zero-order chi connectivity index (χ0) is 17.9. The van der Waals surface area contributed by atoms with Crippen molar-refractivity contribution in [3.05, 3.63) is 35.4 Å². The summed E-state index contributed by atoms with van der Waals surface area (Å²) in [7, 11) is 1.19. The van der Waals surface area contributed by atoms with Gasteiger partial charge in [0, 0.05) is 5.56 Å². The van der Waals surface area contributed by atoms with Crippen LogP contribution in [0.25, 0.3) is 5.57 Å². The van der Waals surface area contributed by atoms with E-state index in [2.05, 4.69) is 9.72 Å². The Hall–Kier alpha value is -2.48. The van der Waals surface area contributed by atoms with Gasteiger partial charge in [0.05, 0.1) is 13.7 Å². The highest BCUT2D eigenvalue weighted by molar-refractivity contribution is 5.87. The molecule has 0 unspecified atom stereocenters. The van der Waals surface area contributed by atoms with Gasteiger partial charge in [-0.05, 0) is 38.5 Å². The van der Waals surface area contributed by atoms with Gasteiger partial charge in [0.25, 0.3) is 0 Å². The first-order valence-corrected chi connectivity index (χ1v) is 7.29. The maximum Gasteiger partial charge on any atom is 0.434 e. The average Bonchev–Trinajstić information content (AvgIpc) is 2.52. The Kier molecular flexibility index (Phi) is 5.18. The van der Waals surface area contributed by atoms with E-state index in [1.54, 1.807) is 26.8 Å². The molecule has 130 valence electrons. The van der Waals surface area contributed by atoms with E-state index in [9.17, 15) is 14.0 Å². The number of rotatable bonds is 2. The number of ether oxygens (including phenoxy) is 2. The number of methoxy groups -OCH3 is 1. The van der Waals surface area contributed by atoms with Gasteiger partial charge in [-0.3, -0.25) is 4.84 Å². The molecule has 0 aromatic carbocycles. The van der Waals surface area contributed by atoms with E-state index in [1.807, 2.05) is 0 Å². The molecule has 0 N–H and O–H groups in total. The van der Waals surface area contributed by atoms with Crippen LogP contribution in [0.5, 0.6) is 0 Å². The molecule has 2 heterocycles. The van der Waals surface area contributed by atoms with Crippen LogP contribution in [0.3, 0.4) is 0 Å². The zero-order valence-electron chi connectivity index (χ0n) is 14.0. The summed E-state index contributed by atoms with van der Waals surface area (Å²) >= 11 is 0. The number of hydrogen-bond donors (Lipinski definition) is 0. The number of pyridine rings is 1. The van der Waals surface area contributed by atoms with Crippen molar-refractivity contribution in [3.63, 3.8) is 0 Å². The van der Waals surface area contributed by atoms with Crippen LogP contribution in [0.1, 0.15) is 36.8 Å². The molecule has 1 amide bonds. The van der Waals surface area contributed by atoms with Crippen molar-refractivity contribution in [3.8, 4) is 0 Å². The Morgan fingerprint density at radius 3 is 2.54 bits per heavy atom. The number of nitrogens with zero attached hydrogens (tertiary/aromatic N) is 2. The summed E-state index contributed by atoms with van der Waals surface area (Å²) in [6, 6.07) is 2.79. The van der Waals surface area contributed by atoms with E-state index in [4.69, 9.17) is 9.57 Å². The first-order valence-electron chi connectivity index (χ1n) is 7.29. The van der Waals surface area contributed by atoms with E-state index < -0.39 is 23.6 Å². The van der Waals surface area contributed by atoms with Gasteiger partial charge in [0.2, 0.25) is 5.95 Å². The lowest BCUT2D eigenvalue weighted by Gasteiger charge is -2.28. The molecule has 1 aromatic heterocycles. The monoisotopic (exact) mass is 338 g/mol. The molecular formula is C16H19FN2O5. The molecule has 0 spiro atoms. The first-order chi connectivity index (χ1) is 11.2. The quantitative estimate of drug-likeness (QED) is 0.609. The molecule has 0 fully saturated rings. The van der Waals surface area contributed by atoms with Crippen LogP contribution < -0.4 is 0 Å². The Balaban J connectivity index is 2.10. The molecule has 0 aliphatic carbocycles. The van der Waals surface area contributed by atoms with Crippen molar-refractivity contribution in [2.24, 2.45) is 0 Å². The fourth-order valence-electron chi connectivity index (χ4n) is 1.97. The van der Waals surface area contributed by atoms with Crippen LogP contribution in [-0.2, 0) is 14.3 Å². The van der Waals surface area contributed by atoms with Gasteiger partial charge in [-0.15, -0.1) is 0 Å². The maximum absolute atomic E-state index is 14.1. The van der Waals surface area contributed by atoms with Crippen LogP contribution >= 0.6 is 0 Å². The minimum atomic E-state index is -0.807. The van der Waals surface area contributed by atoms with Crippen LogP contribution in [0.2, 0.25) is 0 Å². The maximum atomic E-state index is 14.1. The van der Waals surface area contributed by atoms with Crippen molar-refractivity contribution in [2.45, 2.75) is 26.4 Å². The van der Waals surface area contributed by atoms with Crippen LogP contribution in [0, 0.1) is 5.95 Å².